The number of likely N-dealkylation sites (tertiary alicyclic amines) is 1. The van der Waals surface area contributed by atoms with Crippen LogP contribution in [0.15, 0.2) is 18.5 Å². The Labute approximate surface area is 133 Å². The Bertz CT molecular complexity index is 470. The number of ether oxygens (including phenoxy) is 1. The van der Waals surface area contributed by atoms with E-state index >= 15 is 0 Å². The molecule has 1 amide bonds. The molecule has 0 spiro atoms. The number of carbonyl (C=O) groups excluding carboxylic acids is 1. The van der Waals surface area contributed by atoms with Gasteiger partial charge in [0.25, 0.3) is 0 Å². The first-order chi connectivity index (χ1) is 10.6. The summed E-state index contributed by atoms with van der Waals surface area (Å²) in [4.78, 5) is 14.1. The van der Waals surface area contributed by atoms with Gasteiger partial charge in [0.2, 0.25) is 0 Å². The third-order valence-electron chi connectivity index (χ3n) is 4.12. The molecule has 1 N–H and O–H groups in total. The van der Waals surface area contributed by atoms with Gasteiger partial charge in [0, 0.05) is 37.6 Å². The van der Waals surface area contributed by atoms with Crippen molar-refractivity contribution in [3.63, 3.8) is 0 Å². The van der Waals surface area contributed by atoms with Crippen LogP contribution in [0.2, 0.25) is 0 Å². The normalized spacial score (nSPS) is 19.4. The van der Waals surface area contributed by atoms with Gasteiger partial charge in [0.05, 0.1) is 0 Å². The van der Waals surface area contributed by atoms with E-state index in [1.807, 2.05) is 13.8 Å². The summed E-state index contributed by atoms with van der Waals surface area (Å²) in [5.41, 5.74) is 1.33. The fourth-order valence-electron chi connectivity index (χ4n) is 2.92. The summed E-state index contributed by atoms with van der Waals surface area (Å²) in [6, 6.07) is 2.63. The summed E-state index contributed by atoms with van der Waals surface area (Å²) >= 11 is 0. The van der Waals surface area contributed by atoms with Crippen LogP contribution >= 0.6 is 0 Å². The van der Waals surface area contributed by atoms with E-state index in [0.29, 0.717) is 12.6 Å². The Morgan fingerprint density at radius 3 is 2.95 bits per heavy atom. The minimum absolute atomic E-state index is 0.115. The van der Waals surface area contributed by atoms with Crippen molar-refractivity contribution < 1.29 is 9.53 Å². The molecule has 1 aliphatic rings. The lowest BCUT2D eigenvalue weighted by Gasteiger charge is -2.35. The van der Waals surface area contributed by atoms with Crippen molar-refractivity contribution >= 4 is 6.09 Å². The van der Waals surface area contributed by atoms with E-state index in [1.54, 1.807) is 0 Å². The molecule has 1 atom stereocenters. The number of hydrogen-bond acceptors (Lipinski definition) is 3. The fraction of sp³-hybridized carbons (Fsp3) is 0.706. The minimum Gasteiger partial charge on any atom is -0.448 e. The lowest BCUT2D eigenvalue weighted by molar-refractivity contribution is 0.0632. The zero-order valence-corrected chi connectivity index (χ0v) is 14.0. The van der Waals surface area contributed by atoms with Crippen LogP contribution in [0, 0.1) is 0 Å². The molecule has 0 radical (unpaired) electrons. The van der Waals surface area contributed by atoms with Gasteiger partial charge in [0.15, 0.2) is 0 Å². The molecule has 1 fully saturated rings. The number of alkyl carbamates (subject to hydrolysis) is 1. The van der Waals surface area contributed by atoms with Crippen molar-refractivity contribution in [2.45, 2.75) is 65.2 Å². The summed E-state index contributed by atoms with van der Waals surface area (Å²) in [6.07, 6.45) is 7.57. The first kappa shape index (κ1) is 16.9. The second kappa shape index (κ2) is 8.22. The van der Waals surface area contributed by atoms with Crippen LogP contribution in [-0.4, -0.2) is 40.8 Å². The van der Waals surface area contributed by atoms with Crippen molar-refractivity contribution in [1.29, 1.82) is 0 Å². The van der Waals surface area contributed by atoms with E-state index in [2.05, 4.69) is 40.2 Å². The fourth-order valence-corrected chi connectivity index (χ4v) is 2.92. The number of aryl methyl sites for hydroxylation is 1. The molecule has 1 aromatic rings. The average molecular weight is 307 g/mol. The van der Waals surface area contributed by atoms with Crippen molar-refractivity contribution in [3.8, 4) is 0 Å². The highest BCUT2D eigenvalue weighted by Crippen LogP contribution is 2.20. The number of hydrogen-bond donors (Lipinski definition) is 1. The lowest BCUT2D eigenvalue weighted by atomic mass is 10.0. The molecule has 2 rings (SSSR count). The highest BCUT2D eigenvalue weighted by atomic mass is 16.5. The summed E-state index contributed by atoms with van der Waals surface area (Å²) < 4.78 is 7.59. The minimum atomic E-state index is -0.308. The van der Waals surface area contributed by atoms with Gasteiger partial charge in [-0.2, -0.15) is 0 Å². The van der Waals surface area contributed by atoms with Crippen LogP contribution in [0.25, 0.3) is 0 Å². The van der Waals surface area contributed by atoms with Crippen molar-refractivity contribution in [3.05, 3.63) is 24.0 Å². The molecule has 5 nitrogen and oxygen atoms in total. The quantitative estimate of drug-likeness (QED) is 0.879. The van der Waals surface area contributed by atoms with Gasteiger partial charge in [-0.3, -0.25) is 4.90 Å². The number of nitrogens with one attached hydrogen (secondary N) is 1. The molecule has 5 heteroatoms. The molecular weight excluding hydrogens is 278 g/mol. The first-order valence-corrected chi connectivity index (χ1v) is 8.40. The highest BCUT2D eigenvalue weighted by molar-refractivity contribution is 5.67. The molecule has 1 aromatic heterocycles. The number of carbonyl (C=O) groups is 1. The van der Waals surface area contributed by atoms with E-state index in [9.17, 15) is 4.79 Å². The molecule has 1 saturated heterocycles. The Morgan fingerprint density at radius 1 is 1.45 bits per heavy atom. The molecule has 124 valence electrons. The summed E-state index contributed by atoms with van der Waals surface area (Å²) in [6.45, 7) is 9.52. The molecule has 2 heterocycles. The molecule has 0 aromatic carbocycles. The van der Waals surface area contributed by atoms with E-state index < -0.39 is 0 Å². The number of piperidine rings is 1. The van der Waals surface area contributed by atoms with Crippen LogP contribution in [0.4, 0.5) is 4.79 Å². The van der Waals surface area contributed by atoms with Gasteiger partial charge in [-0.15, -0.1) is 0 Å². The Kier molecular flexibility index (Phi) is 6.31. The number of rotatable bonds is 6. The standard InChI is InChI=1S/C17H29N3O2/c1-4-19-10-8-15(11-19)12-20-9-6-5-7-16(20)13-22-17(21)18-14(2)3/h8,10-11,14,16H,4-7,9,12-13H2,1-3H3,(H,18,21). The molecule has 1 aliphatic heterocycles. The molecule has 0 saturated carbocycles. The van der Waals surface area contributed by atoms with E-state index in [-0.39, 0.29) is 12.1 Å². The van der Waals surface area contributed by atoms with Crippen LogP contribution < -0.4 is 5.32 Å². The third kappa shape index (κ3) is 5.05. The van der Waals surface area contributed by atoms with E-state index in [0.717, 1.165) is 26.1 Å². The van der Waals surface area contributed by atoms with Gasteiger partial charge in [-0.05, 0) is 51.8 Å². The zero-order valence-electron chi connectivity index (χ0n) is 14.0. The highest BCUT2D eigenvalue weighted by Gasteiger charge is 2.24. The molecule has 0 bridgehead atoms. The smallest absolute Gasteiger partial charge is 0.407 e. The maximum absolute atomic E-state index is 11.6. The number of aromatic nitrogens is 1. The zero-order chi connectivity index (χ0) is 15.9. The van der Waals surface area contributed by atoms with Gasteiger partial charge >= 0.3 is 6.09 Å². The van der Waals surface area contributed by atoms with Gasteiger partial charge < -0.3 is 14.6 Å². The SMILES string of the molecule is CCn1ccc(CN2CCCCC2COC(=O)NC(C)C)c1. The largest absolute Gasteiger partial charge is 0.448 e. The van der Waals surface area contributed by atoms with E-state index in [4.69, 9.17) is 4.74 Å². The third-order valence-corrected chi connectivity index (χ3v) is 4.12. The van der Waals surface area contributed by atoms with Gasteiger partial charge in [-0.1, -0.05) is 6.42 Å². The Balaban J connectivity index is 1.86. The van der Waals surface area contributed by atoms with Crippen LogP contribution in [0.1, 0.15) is 45.6 Å². The maximum atomic E-state index is 11.6. The van der Waals surface area contributed by atoms with Crippen LogP contribution in [0.5, 0.6) is 0 Å². The second-order valence-corrected chi connectivity index (χ2v) is 6.37. The topological polar surface area (TPSA) is 46.5 Å². The molecule has 1 unspecified atom stereocenters. The molecule has 22 heavy (non-hydrogen) atoms. The molecule has 0 aliphatic carbocycles. The summed E-state index contributed by atoms with van der Waals surface area (Å²) in [5.74, 6) is 0. The van der Waals surface area contributed by atoms with Crippen molar-refractivity contribution in [1.82, 2.24) is 14.8 Å². The first-order valence-electron chi connectivity index (χ1n) is 8.40. The van der Waals surface area contributed by atoms with Crippen molar-refractivity contribution in [2.24, 2.45) is 0 Å². The predicted molar refractivity (Wildman–Crippen MR) is 87.8 cm³/mol. The van der Waals surface area contributed by atoms with Gasteiger partial charge in [0.1, 0.15) is 6.61 Å². The van der Waals surface area contributed by atoms with Crippen LogP contribution in [-0.2, 0) is 17.8 Å². The number of nitrogens with zero attached hydrogens (tertiary/aromatic N) is 2. The Hall–Kier alpha value is -1.49. The lowest BCUT2D eigenvalue weighted by Crippen LogP contribution is -2.43. The average Bonchev–Trinajstić information content (AvgIpc) is 2.93. The monoisotopic (exact) mass is 307 g/mol. The van der Waals surface area contributed by atoms with E-state index in [1.165, 1.54) is 18.4 Å². The second-order valence-electron chi connectivity index (χ2n) is 6.37. The molecular formula is C17H29N3O2. The number of amides is 1. The maximum Gasteiger partial charge on any atom is 0.407 e. The van der Waals surface area contributed by atoms with Crippen LogP contribution in [0.3, 0.4) is 0 Å². The Morgan fingerprint density at radius 2 is 2.27 bits per heavy atom. The van der Waals surface area contributed by atoms with Gasteiger partial charge in [-0.25, -0.2) is 4.79 Å². The predicted octanol–water partition coefficient (Wildman–Crippen LogP) is 3.00. The summed E-state index contributed by atoms with van der Waals surface area (Å²) in [5, 5.41) is 2.77. The van der Waals surface area contributed by atoms with Crippen molar-refractivity contribution in [2.75, 3.05) is 13.2 Å². The summed E-state index contributed by atoms with van der Waals surface area (Å²) in [7, 11) is 0.